The summed E-state index contributed by atoms with van der Waals surface area (Å²) in [5.74, 6) is 0.0374. The summed E-state index contributed by atoms with van der Waals surface area (Å²) in [4.78, 5) is 17.3. The number of hydrogen-bond donors (Lipinski definition) is 1. The minimum atomic E-state index is 0.0374. The van der Waals surface area contributed by atoms with Gasteiger partial charge in [-0.3, -0.25) is 9.48 Å². The Morgan fingerprint density at radius 2 is 2.24 bits per heavy atom. The molecule has 5 nitrogen and oxygen atoms in total. The van der Waals surface area contributed by atoms with Crippen molar-refractivity contribution in [3.05, 3.63) is 54.0 Å². The highest BCUT2D eigenvalue weighted by molar-refractivity contribution is 5.97. The lowest BCUT2D eigenvalue weighted by atomic mass is 10.1. The maximum atomic E-state index is 12.4. The third-order valence-electron chi connectivity index (χ3n) is 3.64. The minimum Gasteiger partial charge on any atom is -0.361 e. The van der Waals surface area contributed by atoms with Gasteiger partial charge in [0.15, 0.2) is 0 Å². The van der Waals surface area contributed by atoms with E-state index in [1.165, 1.54) is 0 Å². The van der Waals surface area contributed by atoms with Gasteiger partial charge in [-0.15, -0.1) is 0 Å². The Labute approximate surface area is 123 Å². The van der Waals surface area contributed by atoms with Crippen LogP contribution in [0.4, 0.5) is 0 Å². The van der Waals surface area contributed by atoms with Crippen molar-refractivity contribution in [3.63, 3.8) is 0 Å². The van der Waals surface area contributed by atoms with E-state index in [-0.39, 0.29) is 5.91 Å². The molecule has 0 saturated carbocycles. The molecule has 3 aromatic rings. The molecule has 0 unspecified atom stereocenters. The van der Waals surface area contributed by atoms with Crippen LogP contribution in [0.1, 0.15) is 15.9 Å². The molecule has 0 aliphatic heterocycles. The SMILES string of the molecule is CN(CCc1cnn(C)c1)C(=O)c1ccc2cc[nH]c2c1. The van der Waals surface area contributed by atoms with E-state index in [1.807, 2.05) is 57.0 Å². The lowest BCUT2D eigenvalue weighted by Crippen LogP contribution is -2.28. The lowest BCUT2D eigenvalue weighted by Gasteiger charge is -2.16. The molecule has 0 aliphatic rings. The second-order valence-electron chi connectivity index (χ2n) is 5.28. The minimum absolute atomic E-state index is 0.0374. The average Bonchev–Trinajstić information content (AvgIpc) is 3.11. The summed E-state index contributed by atoms with van der Waals surface area (Å²) in [6, 6.07) is 7.74. The van der Waals surface area contributed by atoms with Crippen LogP contribution < -0.4 is 0 Å². The van der Waals surface area contributed by atoms with Crippen molar-refractivity contribution in [2.75, 3.05) is 13.6 Å². The number of carbonyl (C=O) groups excluding carboxylic acids is 1. The molecule has 2 aromatic heterocycles. The summed E-state index contributed by atoms with van der Waals surface area (Å²) < 4.78 is 1.77. The molecule has 1 N–H and O–H groups in total. The largest absolute Gasteiger partial charge is 0.361 e. The van der Waals surface area contributed by atoms with Crippen molar-refractivity contribution in [1.82, 2.24) is 19.7 Å². The monoisotopic (exact) mass is 282 g/mol. The van der Waals surface area contributed by atoms with E-state index >= 15 is 0 Å². The second kappa shape index (κ2) is 5.44. The number of rotatable bonds is 4. The molecule has 5 heteroatoms. The van der Waals surface area contributed by atoms with Crippen LogP contribution in [0.2, 0.25) is 0 Å². The fourth-order valence-corrected chi connectivity index (χ4v) is 2.40. The van der Waals surface area contributed by atoms with Crippen LogP contribution >= 0.6 is 0 Å². The zero-order valence-electron chi connectivity index (χ0n) is 12.2. The van der Waals surface area contributed by atoms with Crippen molar-refractivity contribution in [2.45, 2.75) is 6.42 Å². The molecule has 1 aromatic carbocycles. The molecular weight excluding hydrogens is 264 g/mol. The van der Waals surface area contributed by atoms with E-state index < -0.39 is 0 Å². The zero-order chi connectivity index (χ0) is 14.8. The van der Waals surface area contributed by atoms with Gasteiger partial charge < -0.3 is 9.88 Å². The molecule has 108 valence electrons. The molecule has 2 heterocycles. The maximum absolute atomic E-state index is 12.4. The first-order valence-electron chi connectivity index (χ1n) is 6.93. The van der Waals surface area contributed by atoms with Gasteiger partial charge in [0.25, 0.3) is 5.91 Å². The van der Waals surface area contributed by atoms with E-state index in [0.29, 0.717) is 12.1 Å². The molecule has 0 saturated heterocycles. The van der Waals surface area contributed by atoms with Crippen LogP contribution in [-0.4, -0.2) is 39.2 Å². The summed E-state index contributed by atoms with van der Waals surface area (Å²) in [6.45, 7) is 0.674. The molecule has 0 atom stereocenters. The van der Waals surface area contributed by atoms with Crippen molar-refractivity contribution < 1.29 is 4.79 Å². The van der Waals surface area contributed by atoms with Gasteiger partial charge in [-0.2, -0.15) is 5.10 Å². The van der Waals surface area contributed by atoms with Gasteiger partial charge in [-0.05, 0) is 35.6 Å². The number of fused-ring (bicyclic) bond motifs is 1. The predicted molar refractivity (Wildman–Crippen MR) is 82.2 cm³/mol. The van der Waals surface area contributed by atoms with Crippen LogP contribution in [0, 0.1) is 0 Å². The Morgan fingerprint density at radius 3 is 3.00 bits per heavy atom. The Bertz CT molecular complexity index is 771. The number of nitrogens with one attached hydrogen (secondary N) is 1. The standard InChI is InChI=1S/C16H18N4O/c1-19(8-6-12-10-18-20(2)11-12)16(21)14-4-3-13-5-7-17-15(13)9-14/h3-5,7,9-11,17H,6,8H2,1-2H3. The summed E-state index contributed by atoms with van der Waals surface area (Å²) in [6.07, 6.45) is 6.50. The molecule has 21 heavy (non-hydrogen) atoms. The third-order valence-corrected chi connectivity index (χ3v) is 3.64. The highest BCUT2D eigenvalue weighted by atomic mass is 16.2. The number of amides is 1. The number of benzene rings is 1. The topological polar surface area (TPSA) is 53.9 Å². The van der Waals surface area contributed by atoms with Gasteiger partial charge in [-0.25, -0.2) is 0 Å². The summed E-state index contributed by atoms with van der Waals surface area (Å²) >= 11 is 0. The zero-order valence-corrected chi connectivity index (χ0v) is 12.2. The first-order valence-corrected chi connectivity index (χ1v) is 6.93. The van der Waals surface area contributed by atoms with E-state index in [1.54, 1.807) is 9.58 Å². The van der Waals surface area contributed by atoms with Crippen molar-refractivity contribution in [1.29, 1.82) is 0 Å². The molecule has 0 fully saturated rings. The van der Waals surface area contributed by atoms with Gasteiger partial charge in [-0.1, -0.05) is 6.07 Å². The van der Waals surface area contributed by atoms with E-state index in [9.17, 15) is 4.79 Å². The Kier molecular flexibility index (Phi) is 3.48. The Balaban J connectivity index is 1.68. The van der Waals surface area contributed by atoms with Crippen LogP contribution in [0.3, 0.4) is 0 Å². The molecule has 1 amide bonds. The normalized spacial score (nSPS) is 11.0. The van der Waals surface area contributed by atoms with E-state index in [2.05, 4.69) is 10.1 Å². The van der Waals surface area contributed by atoms with Gasteiger partial charge in [0.1, 0.15) is 0 Å². The average molecular weight is 282 g/mol. The van der Waals surface area contributed by atoms with Crippen molar-refractivity contribution in [2.24, 2.45) is 7.05 Å². The molecule has 3 rings (SSSR count). The molecule has 0 bridgehead atoms. The number of aryl methyl sites for hydroxylation is 1. The number of nitrogens with zero attached hydrogens (tertiary/aromatic N) is 3. The molecular formula is C16H18N4O. The number of carbonyl (C=O) groups is 1. The Hall–Kier alpha value is -2.56. The number of aromatic amines is 1. The van der Waals surface area contributed by atoms with Crippen molar-refractivity contribution in [3.8, 4) is 0 Å². The first kappa shape index (κ1) is 13.4. The quantitative estimate of drug-likeness (QED) is 0.797. The molecule has 0 radical (unpaired) electrons. The lowest BCUT2D eigenvalue weighted by molar-refractivity contribution is 0.0797. The first-order chi connectivity index (χ1) is 10.1. The van der Waals surface area contributed by atoms with Gasteiger partial charge in [0, 0.05) is 44.1 Å². The van der Waals surface area contributed by atoms with Crippen LogP contribution in [0.15, 0.2) is 42.9 Å². The number of hydrogen-bond acceptors (Lipinski definition) is 2. The van der Waals surface area contributed by atoms with Crippen molar-refractivity contribution >= 4 is 16.8 Å². The Morgan fingerprint density at radius 1 is 1.38 bits per heavy atom. The fraction of sp³-hybridized carbons (Fsp3) is 0.250. The van der Waals surface area contributed by atoms with Gasteiger partial charge in [0.2, 0.25) is 0 Å². The second-order valence-corrected chi connectivity index (χ2v) is 5.28. The summed E-state index contributed by atoms with van der Waals surface area (Å²) in [7, 11) is 3.72. The number of aromatic nitrogens is 3. The van der Waals surface area contributed by atoms with Gasteiger partial charge in [0.05, 0.1) is 6.20 Å². The molecule has 0 spiro atoms. The maximum Gasteiger partial charge on any atom is 0.253 e. The van der Waals surface area contributed by atoms with Crippen LogP contribution in [0.5, 0.6) is 0 Å². The number of H-pyrrole nitrogens is 1. The van der Waals surface area contributed by atoms with Crippen LogP contribution in [-0.2, 0) is 13.5 Å². The third kappa shape index (κ3) is 2.81. The summed E-state index contributed by atoms with van der Waals surface area (Å²) in [5.41, 5.74) is 2.83. The van der Waals surface area contributed by atoms with Gasteiger partial charge >= 0.3 is 0 Å². The predicted octanol–water partition coefficient (Wildman–Crippen LogP) is 2.22. The van der Waals surface area contributed by atoms with E-state index in [4.69, 9.17) is 0 Å². The smallest absolute Gasteiger partial charge is 0.253 e. The summed E-state index contributed by atoms with van der Waals surface area (Å²) in [5, 5.41) is 5.25. The fourth-order valence-electron chi connectivity index (χ4n) is 2.40. The highest BCUT2D eigenvalue weighted by Crippen LogP contribution is 2.15. The highest BCUT2D eigenvalue weighted by Gasteiger charge is 2.12. The molecule has 0 aliphatic carbocycles. The van der Waals surface area contributed by atoms with Crippen LogP contribution in [0.25, 0.3) is 10.9 Å². The number of likely N-dealkylation sites (N-methyl/N-ethyl adjacent to an activating group) is 1. The van der Waals surface area contributed by atoms with E-state index in [0.717, 1.165) is 22.9 Å².